The molecule has 1 aliphatic heterocycles. The molecule has 21 heavy (non-hydrogen) atoms. The summed E-state index contributed by atoms with van der Waals surface area (Å²) < 4.78 is 4.90. The van der Waals surface area contributed by atoms with Crippen molar-refractivity contribution in [1.82, 2.24) is 5.32 Å². The van der Waals surface area contributed by atoms with Crippen LogP contribution in [0.1, 0.15) is 26.2 Å². The molecule has 6 nitrogen and oxygen atoms in total. The van der Waals surface area contributed by atoms with E-state index < -0.39 is 0 Å². The van der Waals surface area contributed by atoms with Crippen LogP contribution >= 0.6 is 0 Å². The van der Waals surface area contributed by atoms with Crippen LogP contribution in [-0.4, -0.2) is 31.8 Å². The molecule has 2 N–H and O–H groups in total. The van der Waals surface area contributed by atoms with Crippen molar-refractivity contribution in [2.75, 3.05) is 29.9 Å². The number of rotatable bonds is 6. The van der Waals surface area contributed by atoms with Crippen molar-refractivity contribution in [1.29, 1.82) is 0 Å². The van der Waals surface area contributed by atoms with Crippen LogP contribution in [0, 0.1) is 0 Å². The average Bonchev–Trinajstić information content (AvgIpc) is 2.90. The van der Waals surface area contributed by atoms with Gasteiger partial charge in [-0.15, -0.1) is 0 Å². The molecule has 0 bridgehead atoms. The lowest BCUT2D eigenvalue weighted by atomic mass is 10.2. The number of benzene rings is 1. The topological polar surface area (TPSA) is 70.7 Å². The smallest absolute Gasteiger partial charge is 0.414 e. The third-order valence-corrected chi connectivity index (χ3v) is 3.24. The highest BCUT2D eigenvalue weighted by molar-refractivity contribution is 5.93. The van der Waals surface area contributed by atoms with Crippen molar-refractivity contribution in [2.24, 2.45) is 0 Å². The minimum absolute atomic E-state index is 0.229. The number of hydrogen-bond acceptors (Lipinski definition) is 3. The number of nitrogens with zero attached hydrogens (tertiary/aromatic N) is 1. The van der Waals surface area contributed by atoms with Gasteiger partial charge in [-0.05, 0) is 24.6 Å². The molecule has 1 aliphatic rings. The number of unbranched alkanes of at least 4 members (excludes halogenated alkanes) is 2. The fraction of sp³-hybridized carbons (Fsp3) is 0.467. The lowest BCUT2D eigenvalue weighted by Crippen LogP contribution is -2.29. The predicted octanol–water partition coefficient (Wildman–Crippen LogP) is 2.95. The molecule has 2 rings (SSSR count). The Morgan fingerprint density at radius 2 is 2.24 bits per heavy atom. The second kappa shape index (κ2) is 7.52. The molecule has 0 aliphatic carbocycles. The zero-order valence-corrected chi connectivity index (χ0v) is 12.2. The standard InChI is InChI=1S/C15H21N3O3/c1-2-3-4-8-16-14(19)17-12-6-5-7-13(11-12)18-9-10-21-15(18)20/h5-7,11H,2-4,8-10H2,1H3,(H2,16,17,19). The number of nitrogens with one attached hydrogen (secondary N) is 2. The Balaban J connectivity index is 1.89. The summed E-state index contributed by atoms with van der Waals surface area (Å²) in [6.45, 7) is 3.71. The quantitative estimate of drug-likeness (QED) is 0.792. The molecular weight excluding hydrogens is 270 g/mol. The van der Waals surface area contributed by atoms with E-state index in [-0.39, 0.29) is 12.1 Å². The van der Waals surface area contributed by atoms with Gasteiger partial charge in [-0.1, -0.05) is 25.8 Å². The van der Waals surface area contributed by atoms with E-state index in [1.54, 1.807) is 23.1 Å². The summed E-state index contributed by atoms with van der Waals surface area (Å²) >= 11 is 0. The van der Waals surface area contributed by atoms with Crippen molar-refractivity contribution in [3.8, 4) is 0 Å². The molecule has 1 fully saturated rings. The monoisotopic (exact) mass is 291 g/mol. The first kappa shape index (κ1) is 15.2. The number of hydrogen-bond donors (Lipinski definition) is 2. The van der Waals surface area contributed by atoms with Crippen LogP contribution in [0.5, 0.6) is 0 Å². The molecule has 0 unspecified atom stereocenters. The average molecular weight is 291 g/mol. The van der Waals surface area contributed by atoms with Gasteiger partial charge in [0.2, 0.25) is 0 Å². The van der Waals surface area contributed by atoms with Crippen LogP contribution in [0.4, 0.5) is 21.0 Å². The van der Waals surface area contributed by atoms with Crippen molar-refractivity contribution >= 4 is 23.5 Å². The highest BCUT2D eigenvalue weighted by Gasteiger charge is 2.23. The summed E-state index contributed by atoms with van der Waals surface area (Å²) in [5.41, 5.74) is 1.38. The Morgan fingerprint density at radius 3 is 2.95 bits per heavy atom. The van der Waals surface area contributed by atoms with Crippen LogP contribution in [0.2, 0.25) is 0 Å². The summed E-state index contributed by atoms with van der Waals surface area (Å²) in [6, 6.07) is 6.94. The second-order valence-corrected chi connectivity index (χ2v) is 4.90. The Morgan fingerprint density at radius 1 is 1.38 bits per heavy atom. The van der Waals surface area contributed by atoms with E-state index in [4.69, 9.17) is 4.74 Å². The van der Waals surface area contributed by atoms with Crippen molar-refractivity contribution in [2.45, 2.75) is 26.2 Å². The zero-order valence-electron chi connectivity index (χ0n) is 12.2. The highest BCUT2D eigenvalue weighted by atomic mass is 16.6. The summed E-state index contributed by atoms with van der Waals surface area (Å²) in [4.78, 5) is 24.8. The number of urea groups is 1. The van der Waals surface area contributed by atoms with Gasteiger partial charge in [0, 0.05) is 17.9 Å². The van der Waals surface area contributed by atoms with Gasteiger partial charge in [-0.25, -0.2) is 9.59 Å². The summed E-state index contributed by atoms with van der Waals surface area (Å²) in [5.74, 6) is 0. The SMILES string of the molecule is CCCCCNC(=O)Nc1cccc(N2CCOC2=O)c1. The molecule has 0 atom stereocenters. The van der Waals surface area contributed by atoms with Gasteiger partial charge in [0.1, 0.15) is 6.61 Å². The van der Waals surface area contributed by atoms with E-state index in [0.29, 0.717) is 25.4 Å². The molecule has 0 radical (unpaired) electrons. The first-order valence-electron chi connectivity index (χ1n) is 7.30. The predicted molar refractivity (Wildman–Crippen MR) is 81.7 cm³/mol. The van der Waals surface area contributed by atoms with E-state index in [1.807, 2.05) is 6.07 Å². The summed E-state index contributed by atoms with van der Waals surface area (Å²) in [5, 5.41) is 5.58. The minimum Gasteiger partial charge on any atom is -0.447 e. The Labute approximate surface area is 124 Å². The molecule has 1 heterocycles. The maximum absolute atomic E-state index is 11.7. The van der Waals surface area contributed by atoms with Crippen molar-refractivity contribution in [3.63, 3.8) is 0 Å². The molecule has 6 heteroatoms. The molecule has 1 aromatic rings. The van der Waals surface area contributed by atoms with E-state index in [1.165, 1.54) is 0 Å². The first-order chi connectivity index (χ1) is 10.2. The van der Waals surface area contributed by atoms with Gasteiger partial charge >= 0.3 is 12.1 Å². The minimum atomic E-state index is -0.351. The van der Waals surface area contributed by atoms with Crippen LogP contribution in [0.25, 0.3) is 0 Å². The molecule has 0 saturated carbocycles. The number of carbonyl (C=O) groups is 2. The molecule has 1 aromatic carbocycles. The van der Waals surface area contributed by atoms with Crippen molar-refractivity contribution in [3.05, 3.63) is 24.3 Å². The van der Waals surface area contributed by atoms with E-state index in [0.717, 1.165) is 24.9 Å². The summed E-state index contributed by atoms with van der Waals surface area (Å²) in [6.07, 6.45) is 2.85. The lowest BCUT2D eigenvalue weighted by molar-refractivity contribution is 0.181. The number of carbonyl (C=O) groups excluding carboxylic acids is 2. The molecule has 0 spiro atoms. The fourth-order valence-corrected chi connectivity index (χ4v) is 2.13. The number of anilines is 2. The highest BCUT2D eigenvalue weighted by Crippen LogP contribution is 2.22. The molecule has 1 saturated heterocycles. The van der Waals surface area contributed by atoms with Crippen LogP contribution in [-0.2, 0) is 4.74 Å². The third-order valence-electron chi connectivity index (χ3n) is 3.24. The molecule has 3 amide bonds. The lowest BCUT2D eigenvalue weighted by Gasteiger charge is -2.14. The normalized spacial score (nSPS) is 14.0. The van der Waals surface area contributed by atoms with Gasteiger partial charge in [-0.2, -0.15) is 0 Å². The van der Waals surface area contributed by atoms with Crippen molar-refractivity contribution < 1.29 is 14.3 Å². The van der Waals surface area contributed by atoms with Gasteiger partial charge < -0.3 is 15.4 Å². The number of cyclic esters (lactones) is 1. The Kier molecular flexibility index (Phi) is 5.43. The van der Waals surface area contributed by atoms with E-state index in [2.05, 4.69) is 17.6 Å². The first-order valence-corrected chi connectivity index (χ1v) is 7.30. The maximum Gasteiger partial charge on any atom is 0.414 e. The summed E-state index contributed by atoms with van der Waals surface area (Å²) in [7, 11) is 0. The van der Waals surface area contributed by atoms with Crippen LogP contribution < -0.4 is 15.5 Å². The van der Waals surface area contributed by atoms with E-state index in [9.17, 15) is 9.59 Å². The van der Waals surface area contributed by atoms with Gasteiger partial charge in [0.25, 0.3) is 0 Å². The largest absolute Gasteiger partial charge is 0.447 e. The Bertz CT molecular complexity index is 505. The fourth-order valence-electron chi connectivity index (χ4n) is 2.13. The van der Waals surface area contributed by atoms with Gasteiger partial charge in [0.15, 0.2) is 0 Å². The second-order valence-electron chi connectivity index (χ2n) is 4.90. The zero-order chi connectivity index (χ0) is 15.1. The maximum atomic E-state index is 11.7. The molecule has 0 aromatic heterocycles. The molecular formula is C15H21N3O3. The van der Waals surface area contributed by atoms with Gasteiger partial charge in [-0.3, -0.25) is 4.90 Å². The number of amides is 3. The number of ether oxygens (including phenoxy) is 1. The third kappa shape index (κ3) is 4.37. The van der Waals surface area contributed by atoms with Crippen LogP contribution in [0.15, 0.2) is 24.3 Å². The Hall–Kier alpha value is -2.24. The van der Waals surface area contributed by atoms with E-state index >= 15 is 0 Å². The molecule has 114 valence electrons. The van der Waals surface area contributed by atoms with Crippen LogP contribution in [0.3, 0.4) is 0 Å². The van der Waals surface area contributed by atoms with Gasteiger partial charge in [0.05, 0.1) is 6.54 Å².